The molecule has 2 bridgehead atoms. The third-order valence-electron chi connectivity index (χ3n) is 3.55. The maximum Gasteiger partial charge on any atom is 0.128 e. The summed E-state index contributed by atoms with van der Waals surface area (Å²) in [5.74, 6) is 1.88. The third-order valence-corrected chi connectivity index (χ3v) is 3.55. The fourth-order valence-corrected chi connectivity index (χ4v) is 2.77. The van der Waals surface area contributed by atoms with Gasteiger partial charge in [0.15, 0.2) is 0 Å². The number of pyridine rings is 1. The number of hydrogen-bond donors (Lipinski definition) is 2. The van der Waals surface area contributed by atoms with Crippen molar-refractivity contribution < 1.29 is 4.74 Å². The molecule has 92 valence electrons. The summed E-state index contributed by atoms with van der Waals surface area (Å²) in [6.45, 7) is 2.97. The van der Waals surface area contributed by atoms with Crippen LogP contribution in [0.3, 0.4) is 0 Å². The van der Waals surface area contributed by atoms with Crippen molar-refractivity contribution in [1.29, 1.82) is 0 Å². The molecule has 0 aromatic carbocycles. The van der Waals surface area contributed by atoms with Gasteiger partial charge in [-0.25, -0.2) is 4.98 Å². The van der Waals surface area contributed by atoms with Crippen LogP contribution in [0.2, 0.25) is 0 Å². The molecule has 3 heterocycles. The molecule has 2 fully saturated rings. The quantitative estimate of drug-likeness (QED) is 0.837. The van der Waals surface area contributed by atoms with Crippen LogP contribution >= 0.6 is 0 Å². The molecule has 4 nitrogen and oxygen atoms in total. The van der Waals surface area contributed by atoms with Gasteiger partial charge in [-0.3, -0.25) is 0 Å². The zero-order valence-corrected chi connectivity index (χ0v) is 10.1. The summed E-state index contributed by atoms with van der Waals surface area (Å²) in [5.41, 5.74) is 0. The molecule has 2 saturated heterocycles. The second-order valence-electron chi connectivity index (χ2n) is 4.80. The van der Waals surface area contributed by atoms with E-state index in [1.807, 2.05) is 18.2 Å². The molecule has 1 aromatic heterocycles. The van der Waals surface area contributed by atoms with Crippen LogP contribution in [-0.2, 0) is 4.74 Å². The van der Waals surface area contributed by atoms with Crippen LogP contribution in [0.1, 0.15) is 26.2 Å². The van der Waals surface area contributed by atoms with Gasteiger partial charge in [0, 0.05) is 6.54 Å². The van der Waals surface area contributed by atoms with Crippen molar-refractivity contribution in [3.8, 4) is 0 Å². The first-order valence-corrected chi connectivity index (χ1v) is 6.48. The summed E-state index contributed by atoms with van der Waals surface area (Å²) in [5, 5.41) is 6.72. The van der Waals surface area contributed by atoms with Gasteiger partial charge in [-0.1, -0.05) is 6.07 Å². The molecule has 2 aliphatic rings. The monoisotopic (exact) mass is 233 g/mol. The number of nitrogens with zero attached hydrogens (tertiary/aromatic N) is 1. The Kier molecular flexibility index (Phi) is 2.89. The Morgan fingerprint density at radius 2 is 2.24 bits per heavy atom. The standard InChI is InChI=1S/C13H19N3O/c1-2-14-12-4-3-5-13(16-12)15-10-8-9-6-7-11(10)17-9/h3-5,9-11H,2,6-8H2,1H3,(H2,14,15,16). The van der Waals surface area contributed by atoms with E-state index in [9.17, 15) is 0 Å². The molecule has 3 unspecified atom stereocenters. The molecule has 0 spiro atoms. The van der Waals surface area contributed by atoms with E-state index in [0.717, 1.165) is 24.6 Å². The Morgan fingerprint density at radius 3 is 2.94 bits per heavy atom. The van der Waals surface area contributed by atoms with E-state index in [-0.39, 0.29) is 0 Å². The highest BCUT2D eigenvalue weighted by Gasteiger charge is 2.40. The number of hydrogen-bond acceptors (Lipinski definition) is 4. The highest BCUT2D eigenvalue weighted by atomic mass is 16.5. The van der Waals surface area contributed by atoms with Crippen molar-refractivity contribution in [2.24, 2.45) is 0 Å². The van der Waals surface area contributed by atoms with E-state index in [1.165, 1.54) is 12.8 Å². The number of aromatic nitrogens is 1. The molecule has 17 heavy (non-hydrogen) atoms. The first-order valence-electron chi connectivity index (χ1n) is 6.48. The van der Waals surface area contributed by atoms with Gasteiger partial charge in [0.25, 0.3) is 0 Å². The minimum Gasteiger partial charge on any atom is -0.373 e. The summed E-state index contributed by atoms with van der Waals surface area (Å²) in [4.78, 5) is 4.53. The average molecular weight is 233 g/mol. The highest BCUT2D eigenvalue weighted by molar-refractivity contribution is 5.46. The van der Waals surface area contributed by atoms with Gasteiger partial charge < -0.3 is 15.4 Å². The molecular weight excluding hydrogens is 214 g/mol. The van der Waals surface area contributed by atoms with Gasteiger partial charge in [0.1, 0.15) is 11.6 Å². The van der Waals surface area contributed by atoms with Gasteiger partial charge >= 0.3 is 0 Å². The van der Waals surface area contributed by atoms with Gasteiger partial charge in [0.2, 0.25) is 0 Å². The fourth-order valence-electron chi connectivity index (χ4n) is 2.77. The average Bonchev–Trinajstić information content (AvgIpc) is 2.92. The Balaban J connectivity index is 1.66. The lowest BCUT2D eigenvalue weighted by atomic mass is 9.95. The minimum absolute atomic E-state index is 0.393. The molecule has 0 saturated carbocycles. The smallest absolute Gasteiger partial charge is 0.128 e. The molecule has 2 aliphatic heterocycles. The van der Waals surface area contributed by atoms with E-state index in [4.69, 9.17) is 4.74 Å². The third kappa shape index (κ3) is 2.22. The topological polar surface area (TPSA) is 46.2 Å². The van der Waals surface area contributed by atoms with E-state index in [1.54, 1.807) is 0 Å². The van der Waals surface area contributed by atoms with Crippen molar-refractivity contribution in [2.45, 2.75) is 44.4 Å². The van der Waals surface area contributed by atoms with E-state index >= 15 is 0 Å². The van der Waals surface area contributed by atoms with Crippen LogP contribution in [-0.4, -0.2) is 29.8 Å². The predicted molar refractivity (Wildman–Crippen MR) is 68.3 cm³/mol. The number of anilines is 2. The van der Waals surface area contributed by atoms with E-state index in [0.29, 0.717) is 18.2 Å². The number of nitrogens with one attached hydrogen (secondary N) is 2. The first kappa shape index (κ1) is 10.8. The van der Waals surface area contributed by atoms with Crippen molar-refractivity contribution in [3.63, 3.8) is 0 Å². The summed E-state index contributed by atoms with van der Waals surface area (Å²) >= 11 is 0. The van der Waals surface area contributed by atoms with Gasteiger partial charge in [-0.2, -0.15) is 0 Å². The van der Waals surface area contributed by atoms with E-state index < -0.39 is 0 Å². The molecule has 4 heteroatoms. The van der Waals surface area contributed by atoms with Gasteiger partial charge in [0.05, 0.1) is 18.2 Å². The lowest BCUT2D eigenvalue weighted by Crippen LogP contribution is -2.30. The van der Waals surface area contributed by atoms with Crippen LogP contribution in [0.4, 0.5) is 11.6 Å². The van der Waals surface area contributed by atoms with Gasteiger partial charge in [-0.15, -0.1) is 0 Å². The second-order valence-corrected chi connectivity index (χ2v) is 4.80. The normalized spacial score (nSPS) is 30.5. The lowest BCUT2D eigenvalue weighted by Gasteiger charge is -2.20. The maximum atomic E-state index is 5.83. The zero-order chi connectivity index (χ0) is 11.7. The molecule has 1 aromatic rings. The largest absolute Gasteiger partial charge is 0.373 e. The minimum atomic E-state index is 0.393. The van der Waals surface area contributed by atoms with Crippen LogP contribution in [0, 0.1) is 0 Å². The Bertz CT molecular complexity index is 396. The predicted octanol–water partition coefficient (Wildman–Crippen LogP) is 2.25. The van der Waals surface area contributed by atoms with Crippen molar-refractivity contribution in [1.82, 2.24) is 4.98 Å². The SMILES string of the molecule is CCNc1cccc(NC2CC3CCC2O3)n1. The highest BCUT2D eigenvalue weighted by Crippen LogP contribution is 2.35. The van der Waals surface area contributed by atoms with Gasteiger partial charge in [-0.05, 0) is 38.3 Å². The lowest BCUT2D eigenvalue weighted by molar-refractivity contribution is 0.102. The zero-order valence-electron chi connectivity index (χ0n) is 10.1. The summed E-state index contributed by atoms with van der Waals surface area (Å²) < 4.78 is 5.83. The maximum absolute atomic E-state index is 5.83. The number of ether oxygens (including phenoxy) is 1. The van der Waals surface area contributed by atoms with Crippen LogP contribution in [0.5, 0.6) is 0 Å². The molecule has 0 aliphatic carbocycles. The van der Waals surface area contributed by atoms with Crippen molar-refractivity contribution in [2.75, 3.05) is 17.2 Å². The van der Waals surface area contributed by atoms with Crippen LogP contribution < -0.4 is 10.6 Å². The Morgan fingerprint density at radius 1 is 1.35 bits per heavy atom. The van der Waals surface area contributed by atoms with Crippen LogP contribution in [0.25, 0.3) is 0 Å². The molecular formula is C13H19N3O. The molecule has 0 radical (unpaired) electrons. The molecule has 3 atom stereocenters. The van der Waals surface area contributed by atoms with Crippen molar-refractivity contribution in [3.05, 3.63) is 18.2 Å². The molecule has 2 N–H and O–H groups in total. The molecule has 3 rings (SSSR count). The summed E-state index contributed by atoms with van der Waals surface area (Å²) in [7, 11) is 0. The Labute approximate surface area is 102 Å². The Hall–Kier alpha value is -1.29. The number of fused-ring (bicyclic) bond motifs is 2. The first-order chi connectivity index (χ1) is 8.35. The van der Waals surface area contributed by atoms with E-state index in [2.05, 4.69) is 22.5 Å². The second kappa shape index (κ2) is 4.53. The summed E-state index contributed by atoms with van der Waals surface area (Å²) in [6, 6.07) is 6.48. The van der Waals surface area contributed by atoms with Crippen molar-refractivity contribution >= 4 is 11.6 Å². The molecule has 0 amide bonds. The fraction of sp³-hybridized carbons (Fsp3) is 0.615. The summed E-state index contributed by atoms with van der Waals surface area (Å²) in [6.07, 6.45) is 4.42. The number of rotatable bonds is 4. The van der Waals surface area contributed by atoms with Crippen LogP contribution in [0.15, 0.2) is 18.2 Å².